The Hall–Kier alpha value is -2.32. The van der Waals surface area contributed by atoms with Crippen LogP contribution in [0.5, 0.6) is 0 Å². The van der Waals surface area contributed by atoms with Crippen LogP contribution >= 0.6 is 0 Å². The van der Waals surface area contributed by atoms with Gasteiger partial charge in [-0.2, -0.15) is 13.2 Å². The Balaban J connectivity index is 2.33. The first kappa shape index (κ1) is 18.0. The lowest BCUT2D eigenvalue weighted by atomic mass is 10.1. The van der Waals surface area contributed by atoms with E-state index in [2.05, 4.69) is 20.3 Å². The quantitative estimate of drug-likeness (QED) is 0.518. The van der Waals surface area contributed by atoms with Crippen molar-refractivity contribution in [3.8, 4) is 0 Å². The van der Waals surface area contributed by atoms with Gasteiger partial charge in [-0.15, -0.1) is 0 Å². The zero-order valence-electron chi connectivity index (χ0n) is 13.5. The van der Waals surface area contributed by atoms with Crippen LogP contribution in [0.1, 0.15) is 37.9 Å². The van der Waals surface area contributed by atoms with Crippen molar-refractivity contribution in [1.82, 2.24) is 10.3 Å². The number of halogens is 3. The van der Waals surface area contributed by atoms with Crippen molar-refractivity contribution in [2.24, 2.45) is 5.16 Å². The van der Waals surface area contributed by atoms with E-state index >= 15 is 0 Å². The van der Waals surface area contributed by atoms with E-state index in [1.807, 2.05) is 4.90 Å². The summed E-state index contributed by atoms with van der Waals surface area (Å²) in [5.74, 6) is 0. The third-order valence-electron chi connectivity index (χ3n) is 3.57. The second kappa shape index (κ2) is 7.50. The molecule has 0 unspecified atom stereocenters. The van der Waals surface area contributed by atoms with Gasteiger partial charge < -0.3 is 10.2 Å². The summed E-state index contributed by atoms with van der Waals surface area (Å²) in [5, 5.41) is 6.07. The summed E-state index contributed by atoms with van der Waals surface area (Å²) in [4.78, 5) is 21.7. The lowest BCUT2D eigenvalue weighted by Gasteiger charge is -2.21. The summed E-state index contributed by atoms with van der Waals surface area (Å²) in [7, 11) is 0. The fraction of sp³-hybridized carbons (Fsp3) is 0.533. The van der Waals surface area contributed by atoms with E-state index in [1.54, 1.807) is 6.92 Å². The molecule has 1 amide bonds. The van der Waals surface area contributed by atoms with E-state index in [0.29, 0.717) is 25.3 Å². The molecule has 1 fully saturated rings. The molecule has 0 atom stereocenters. The highest BCUT2D eigenvalue weighted by Gasteiger charge is 2.33. The molecule has 1 aromatic rings. The Morgan fingerprint density at radius 3 is 2.67 bits per heavy atom. The lowest BCUT2D eigenvalue weighted by molar-refractivity contribution is -0.137. The van der Waals surface area contributed by atoms with Crippen molar-refractivity contribution in [2.45, 2.75) is 32.9 Å². The molecule has 1 N–H and O–H groups in total. The Bertz CT molecular complexity index is 626. The van der Waals surface area contributed by atoms with Crippen LogP contribution < -0.4 is 10.2 Å². The van der Waals surface area contributed by atoms with Gasteiger partial charge in [0.05, 0.1) is 11.3 Å². The van der Waals surface area contributed by atoms with Crippen molar-refractivity contribution in [3.05, 3.63) is 23.5 Å². The third-order valence-corrected chi connectivity index (χ3v) is 3.57. The number of hydrogen-bond acceptors (Lipinski definition) is 5. The summed E-state index contributed by atoms with van der Waals surface area (Å²) >= 11 is 0. The number of carbonyl (C=O) groups excluding carboxylic acids is 1. The van der Waals surface area contributed by atoms with E-state index in [0.717, 1.165) is 25.1 Å². The average Bonchev–Trinajstić information content (AvgIpc) is 3.05. The number of rotatable bonds is 4. The van der Waals surface area contributed by atoms with E-state index in [1.165, 1.54) is 6.92 Å². The number of nitrogens with zero attached hydrogens (tertiary/aromatic N) is 3. The van der Waals surface area contributed by atoms with Crippen molar-refractivity contribution < 1.29 is 22.8 Å². The van der Waals surface area contributed by atoms with Crippen molar-refractivity contribution in [3.63, 3.8) is 0 Å². The van der Waals surface area contributed by atoms with Crippen molar-refractivity contribution >= 4 is 17.5 Å². The summed E-state index contributed by atoms with van der Waals surface area (Å²) in [6, 6.07) is 1.07. The minimum Gasteiger partial charge on any atom is -0.370 e. The lowest BCUT2D eigenvalue weighted by Crippen LogP contribution is -2.24. The second-order valence-corrected chi connectivity index (χ2v) is 5.37. The number of pyridine rings is 1. The molecule has 2 rings (SSSR count). The van der Waals surface area contributed by atoms with Crippen molar-refractivity contribution in [2.75, 3.05) is 24.5 Å². The minimum atomic E-state index is -4.47. The molecule has 0 spiro atoms. The van der Waals surface area contributed by atoms with Gasteiger partial charge in [0.25, 0.3) is 0 Å². The molecule has 1 saturated heterocycles. The molecule has 1 aliphatic heterocycles. The predicted molar refractivity (Wildman–Crippen MR) is 83.1 cm³/mol. The number of aromatic nitrogens is 1. The minimum absolute atomic E-state index is 0.233. The molecule has 0 saturated carbocycles. The van der Waals surface area contributed by atoms with E-state index in [4.69, 9.17) is 0 Å². The van der Waals surface area contributed by atoms with Crippen LogP contribution in [0.15, 0.2) is 17.4 Å². The van der Waals surface area contributed by atoms with Gasteiger partial charge in [0.1, 0.15) is 11.4 Å². The molecular formula is C15H19F3N4O2. The van der Waals surface area contributed by atoms with Crippen LogP contribution in [0, 0.1) is 0 Å². The van der Waals surface area contributed by atoms with Crippen LogP contribution in [-0.4, -0.2) is 36.4 Å². The van der Waals surface area contributed by atoms with Gasteiger partial charge in [0.2, 0.25) is 0 Å². The highest BCUT2D eigenvalue weighted by Crippen LogP contribution is 2.33. The molecule has 132 valence electrons. The number of hydrogen-bond donors (Lipinski definition) is 1. The first-order valence-electron chi connectivity index (χ1n) is 7.65. The van der Waals surface area contributed by atoms with Gasteiger partial charge in [-0.3, -0.25) is 9.82 Å². The first-order chi connectivity index (χ1) is 11.3. The zero-order valence-corrected chi connectivity index (χ0v) is 13.5. The van der Waals surface area contributed by atoms with Gasteiger partial charge in [0, 0.05) is 25.8 Å². The third kappa shape index (κ3) is 4.36. The highest BCUT2D eigenvalue weighted by molar-refractivity contribution is 6.01. The number of carbonyl (C=O) groups is 1. The van der Waals surface area contributed by atoms with Crippen LogP contribution in [0.3, 0.4) is 0 Å². The van der Waals surface area contributed by atoms with Gasteiger partial charge in [-0.1, -0.05) is 5.16 Å². The van der Waals surface area contributed by atoms with E-state index in [9.17, 15) is 18.0 Å². The Labute approximate surface area is 137 Å². The number of anilines is 1. The Morgan fingerprint density at radius 2 is 2.08 bits per heavy atom. The van der Waals surface area contributed by atoms with Gasteiger partial charge in [0.15, 0.2) is 0 Å². The second-order valence-electron chi connectivity index (χ2n) is 5.37. The fourth-order valence-electron chi connectivity index (χ4n) is 2.42. The Morgan fingerprint density at radius 1 is 1.42 bits per heavy atom. The molecule has 9 heteroatoms. The van der Waals surface area contributed by atoms with Gasteiger partial charge in [-0.05, 0) is 32.8 Å². The molecule has 0 bridgehead atoms. The zero-order chi connectivity index (χ0) is 17.7. The summed E-state index contributed by atoms with van der Waals surface area (Å²) in [6.45, 7) is 4.95. The van der Waals surface area contributed by atoms with E-state index in [-0.39, 0.29) is 11.4 Å². The highest BCUT2D eigenvalue weighted by atomic mass is 19.4. The number of nitrogens with one attached hydrogen (secondary N) is 1. The molecule has 1 aliphatic rings. The van der Waals surface area contributed by atoms with Gasteiger partial charge in [-0.25, -0.2) is 4.79 Å². The normalized spacial score (nSPS) is 15.5. The maximum atomic E-state index is 13.0. The summed E-state index contributed by atoms with van der Waals surface area (Å²) < 4.78 is 38.9. The molecule has 6 nitrogen and oxygen atoms in total. The standard InChI is InChI=1S/C15H19F3N4O2/c1-3-19-14(23)24-21-10(2)13-12(22-6-4-5-7-22)8-11(9-20-13)15(16,17)18/h8-9H,3-7H2,1-2H3,(H,19,23). The molecule has 0 aliphatic carbocycles. The van der Waals surface area contributed by atoms with Crippen LogP contribution in [0.25, 0.3) is 0 Å². The average molecular weight is 344 g/mol. The summed E-state index contributed by atoms with van der Waals surface area (Å²) in [6.07, 6.45) is -2.63. The number of oxime groups is 1. The smallest absolute Gasteiger partial charge is 0.370 e. The molecule has 24 heavy (non-hydrogen) atoms. The Kier molecular flexibility index (Phi) is 5.63. The van der Waals surface area contributed by atoms with Gasteiger partial charge >= 0.3 is 12.3 Å². The number of alkyl halides is 3. The van der Waals surface area contributed by atoms with Crippen LogP contribution in [-0.2, 0) is 11.0 Å². The largest absolute Gasteiger partial charge is 0.433 e. The predicted octanol–water partition coefficient (Wildman–Crippen LogP) is 3.17. The molecule has 1 aromatic heterocycles. The fourth-order valence-corrected chi connectivity index (χ4v) is 2.42. The van der Waals surface area contributed by atoms with Crippen LogP contribution in [0.4, 0.5) is 23.7 Å². The molecule has 2 heterocycles. The van der Waals surface area contributed by atoms with E-state index < -0.39 is 17.8 Å². The monoisotopic (exact) mass is 344 g/mol. The maximum absolute atomic E-state index is 13.0. The molecule has 0 radical (unpaired) electrons. The first-order valence-corrected chi connectivity index (χ1v) is 7.65. The number of amides is 1. The van der Waals surface area contributed by atoms with Crippen molar-refractivity contribution in [1.29, 1.82) is 0 Å². The molecular weight excluding hydrogens is 325 g/mol. The SMILES string of the molecule is CCNC(=O)ON=C(C)c1ncc(C(F)(F)F)cc1N1CCCC1. The maximum Gasteiger partial charge on any atom is 0.433 e. The topological polar surface area (TPSA) is 66.8 Å². The molecule has 0 aromatic carbocycles. The summed E-state index contributed by atoms with van der Waals surface area (Å²) in [5.41, 5.74) is 0.0414. The van der Waals surface area contributed by atoms with Crippen LogP contribution in [0.2, 0.25) is 0 Å².